The molecule has 0 aromatic heterocycles. The molecule has 0 saturated carbocycles. The first-order valence-electron chi connectivity index (χ1n) is 6.59. The summed E-state index contributed by atoms with van der Waals surface area (Å²) in [5.41, 5.74) is 6.21. The van der Waals surface area contributed by atoms with Gasteiger partial charge in [0.2, 0.25) is 5.91 Å². The summed E-state index contributed by atoms with van der Waals surface area (Å²) < 4.78 is 5.29. The lowest BCUT2D eigenvalue weighted by atomic mass is 10.2. The first-order valence-corrected chi connectivity index (χ1v) is 6.99. The smallest absolute Gasteiger partial charge is 0.258 e. The molecule has 0 heterocycles. The van der Waals surface area contributed by atoms with Crippen molar-refractivity contribution < 1.29 is 14.3 Å². The van der Waals surface area contributed by atoms with Gasteiger partial charge in [-0.05, 0) is 30.7 Å². The van der Waals surface area contributed by atoms with Crippen LogP contribution in [0.3, 0.4) is 0 Å². The lowest BCUT2D eigenvalue weighted by molar-refractivity contribution is -0.127. The van der Waals surface area contributed by atoms with Crippen LogP contribution in [0.25, 0.3) is 0 Å². The number of thiocarbonyl (C=S) groups is 1. The van der Waals surface area contributed by atoms with Crippen molar-refractivity contribution in [3.63, 3.8) is 0 Å². The van der Waals surface area contributed by atoms with E-state index in [1.165, 1.54) is 0 Å². The first kappa shape index (κ1) is 16.9. The van der Waals surface area contributed by atoms with Gasteiger partial charge in [0.05, 0.1) is 6.54 Å². The number of carbonyl (C=O) groups excluding carboxylic acids is 2. The zero-order valence-corrected chi connectivity index (χ0v) is 12.7. The molecule has 1 rings (SSSR count). The number of benzene rings is 1. The Morgan fingerprint density at radius 1 is 1.19 bits per heavy atom. The largest absolute Gasteiger partial charge is 0.484 e. The molecule has 21 heavy (non-hydrogen) atoms. The highest BCUT2D eigenvalue weighted by Gasteiger charge is 2.06. The Bertz CT molecular complexity index is 503. The Hall–Kier alpha value is -2.15. The van der Waals surface area contributed by atoms with Crippen LogP contribution in [-0.2, 0) is 9.59 Å². The average Bonchev–Trinajstić information content (AvgIpc) is 2.49. The second-order valence-corrected chi connectivity index (χ2v) is 4.74. The van der Waals surface area contributed by atoms with Gasteiger partial charge in [-0.1, -0.05) is 19.1 Å². The van der Waals surface area contributed by atoms with Crippen molar-refractivity contribution in [2.75, 3.05) is 19.7 Å². The van der Waals surface area contributed by atoms with Gasteiger partial charge in [0.15, 0.2) is 6.61 Å². The summed E-state index contributed by atoms with van der Waals surface area (Å²) in [7, 11) is 0. The van der Waals surface area contributed by atoms with E-state index in [4.69, 9.17) is 22.7 Å². The zero-order valence-electron chi connectivity index (χ0n) is 11.8. The van der Waals surface area contributed by atoms with Gasteiger partial charge in [-0.15, -0.1) is 0 Å². The van der Waals surface area contributed by atoms with Crippen molar-refractivity contribution in [3.05, 3.63) is 29.8 Å². The van der Waals surface area contributed by atoms with E-state index in [0.29, 0.717) is 17.3 Å². The highest BCUT2D eigenvalue weighted by Crippen LogP contribution is 2.11. The lowest BCUT2D eigenvalue weighted by Gasteiger charge is -2.08. The number of nitrogens with two attached hydrogens (primary N) is 1. The monoisotopic (exact) mass is 309 g/mol. The Labute approximate surface area is 129 Å². The van der Waals surface area contributed by atoms with E-state index in [-0.39, 0.29) is 25.0 Å². The molecule has 0 radical (unpaired) electrons. The molecule has 4 N–H and O–H groups in total. The molecule has 0 atom stereocenters. The third kappa shape index (κ3) is 6.71. The quantitative estimate of drug-likeness (QED) is 0.602. The highest BCUT2D eigenvalue weighted by molar-refractivity contribution is 7.80. The minimum atomic E-state index is -0.361. The van der Waals surface area contributed by atoms with E-state index in [0.717, 1.165) is 12.0 Å². The van der Waals surface area contributed by atoms with Crippen LogP contribution in [0.1, 0.15) is 18.9 Å². The molecular weight excluding hydrogens is 290 g/mol. The summed E-state index contributed by atoms with van der Waals surface area (Å²) in [5.74, 6) is -0.0494. The van der Waals surface area contributed by atoms with Gasteiger partial charge in [0, 0.05) is 12.1 Å². The van der Waals surface area contributed by atoms with E-state index in [1.54, 1.807) is 24.3 Å². The third-order valence-electron chi connectivity index (χ3n) is 2.53. The van der Waals surface area contributed by atoms with Gasteiger partial charge in [-0.2, -0.15) is 0 Å². The van der Waals surface area contributed by atoms with E-state index in [1.807, 2.05) is 6.92 Å². The number of rotatable bonds is 8. The maximum Gasteiger partial charge on any atom is 0.258 e. The van der Waals surface area contributed by atoms with Crippen LogP contribution in [0.15, 0.2) is 24.3 Å². The second kappa shape index (κ2) is 8.91. The molecule has 0 bridgehead atoms. The fourth-order valence-corrected chi connectivity index (χ4v) is 1.56. The van der Waals surface area contributed by atoms with Crippen LogP contribution in [0.4, 0.5) is 0 Å². The average molecular weight is 309 g/mol. The Morgan fingerprint density at radius 3 is 2.43 bits per heavy atom. The summed E-state index contributed by atoms with van der Waals surface area (Å²) in [6, 6.07) is 6.78. The minimum absolute atomic E-state index is 0.0530. The number of amides is 2. The van der Waals surface area contributed by atoms with Crippen LogP contribution < -0.4 is 21.1 Å². The molecule has 0 saturated heterocycles. The molecule has 114 valence electrons. The van der Waals surface area contributed by atoms with Crippen molar-refractivity contribution in [2.24, 2.45) is 5.73 Å². The van der Waals surface area contributed by atoms with Crippen LogP contribution in [0.2, 0.25) is 0 Å². The van der Waals surface area contributed by atoms with Crippen molar-refractivity contribution in [2.45, 2.75) is 13.3 Å². The normalized spacial score (nSPS) is 9.76. The van der Waals surface area contributed by atoms with E-state index in [9.17, 15) is 9.59 Å². The van der Waals surface area contributed by atoms with Crippen molar-refractivity contribution >= 4 is 29.0 Å². The number of nitrogens with one attached hydrogen (secondary N) is 2. The summed E-state index contributed by atoms with van der Waals surface area (Å²) in [5, 5.41) is 5.13. The molecule has 0 spiro atoms. The summed E-state index contributed by atoms with van der Waals surface area (Å²) >= 11 is 4.84. The SMILES string of the molecule is CCCNC(=O)CNC(=O)COc1ccc(C(N)=S)cc1. The first-order chi connectivity index (χ1) is 10.0. The summed E-state index contributed by atoms with van der Waals surface area (Å²) in [6.45, 7) is 2.34. The van der Waals surface area contributed by atoms with Gasteiger partial charge < -0.3 is 21.1 Å². The van der Waals surface area contributed by atoms with Gasteiger partial charge >= 0.3 is 0 Å². The standard InChI is InChI=1S/C14H19N3O3S/c1-2-7-16-12(18)8-17-13(19)9-20-11-5-3-10(4-6-11)14(15)21/h3-6H,2,7-9H2,1H3,(H2,15,21)(H,16,18)(H,17,19). The van der Waals surface area contributed by atoms with Crippen molar-refractivity contribution in [3.8, 4) is 5.75 Å². The zero-order chi connectivity index (χ0) is 15.7. The van der Waals surface area contributed by atoms with Crippen LogP contribution in [-0.4, -0.2) is 36.5 Å². The fraction of sp³-hybridized carbons (Fsp3) is 0.357. The molecule has 0 aliphatic heterocycles. The number of hydrogen-bond donors (Lipinski definition) is 3. The predicted molar refractivity (Wildman–Crippen MR) is 84.1 cm³/mol. The number of hydrogen-bond acceptors (Lipinski definition) is 4. The number of ether oxygens (including phenoxy) is 1. The topological polar surface area (TPSA) is 93.5 Å². The maximum atomic E-state index is 11.5. The molecule has 0 aliphatic carbocycles. The third-order valence-corrected chi connectivity index (χ3v) is 2.76. The van der Waals surface area contributed by atoms with Gasteiger partial charge in [0.1, 0.15) is 10.7 Å². The maximum absolute atomic E-state index is 11.5. The minimum Gasteiger partial charge on any atom is -0.484 e. The molecule has 0 fully saturated rings. The molecule has 6 nitrogen and oxygen atoms in total. The molecule has 1 aromatic carbocycles. The van der Waals surface area contributed by atoms with Crippen LogP contribution in [0.5, 0.6) is 5.75 Å². The molecule has 1 aromatic rings. The fourth-order valence-electron chi connectivity index (χ4n) is 1.42. The van der Waals surface area contributed by atoms with Gasteiger partial charge in [-0.3, -0.25) is 9.59 Å². The van der Waals surface area contributed by atoms with Crippen molar-refractivity contribution in [1.82, 2.24) is 10.6 Å². The van der Waals surface area contributed by atoms with Gasteiger partial charge in [-0.25, -0.2) is 0 Å². The number of carbonyl (C=O) groups is 2. The predicted octanol–water partition coefficient (Wildman–Crippen LogP) is 0.342. The molecule has 2 amide bonds. The second-order valence-electron chi connectivity index (χ2n) is 4.30. The molecular formula is C14H19N3O3S. The Kier molecular flexibility index (Phi) is 7.17. The molecule has 7 heteroatoms. The van der Waals surface area contributed by atoms with Crippen LogP contribution >= 0.6 is 12.2 Å². The molecule has 0 unspecified atom stereocenters. The Morgan fingerprint density at radius 2 is 1.86 bits per heavy atom. The lowest BCUT2D eigenvalue weighted by Crippen LogP contribution is -2.39. The summed E-state index contributed by atoms with van der Waals surface area (Å²) in [6.07, 6.45) is 0.852. The summed E-state index contributed by atoms with van der Waals surface area (Å²) in [4.78, 5) is 23.1. The van der Waals surface area contributed by atoms with E-state index < -0.39 is 0 Å². The highest BCUT2D eigenvalue weighted by atomic mass is 32.1. The molecule has 0 aliphatic rings. The van der Waals surface area contributed by atoms with E-state index in [2.05, 4.69) is 10.6 Å². The Balaban J connectivity index is 2.29. The van der Waals surface area contributed by atoms with Crippen LogP contribution in [0, 0.1) is 0 Å². The van der Waals surface area contributed by atoms with Crippen molar-refractivity contribution in [1.29, 1.82) is 0 Å². The van der Waals surface area contributed by atoms with E-state index >= 15 is 0 Å². The van der Waals surface area contributed by atoms with Gasteiger partial charge in [0.25, 0.3) is 5.91 Å².